The van der Waals surface area contributed by atoms with Gasteiger partial charge in [0.25, 0.3) is 0 Å². The van der Waals surface area contributed by atoms with Crippen LogP contribution in [0.2, 0.25) is 0 Å². The first-order valence-electron chi connectivity index (χ1n) is 11.8. The third-order valence-corrected chi connectivity index (χ3v) is 8.41. The summed E-state index contributed by atoms with van der Waals surface area (Å²) in [4.78, 5) is 17.6. The minimum atomic E-state index is -3.65. The molecule has 1 amide bonds. The number of benzene rings is 2. The van der Waals surface area contributed by atoms with Gasteiger partial charge in [-0.1, -0.05) is 0 Å². The number of piperidine rings is 1. The van der Waals surface area contributed by atoms with Gasteiger partial charge in [0, 0.05) is 45.0 Å². The molecule has 0 aromatic heterocycles. The molecule has 2 aromatic rings. The van der Waals surface area contributed by atoms with Gasteiger partial charge in [0.05, 0.1) is 24.5 Å². The third-order valence-electron chi connectivity index (χ3n) is 6.53. The normalized spacial score (nSPS) is 19.6. The Balaban J connectivity index is 1.36. The van der Waals surface area contributed by atoms with E-state index in [1.807, 2.05) is 36.1 Å². The van der Waals surface area contributed by atoms with E-state index in [0.29, 0.717) is 44.8 Å². The molecular weight excluding hydrogens is 454 g/mol. The molecule has 2 aliphatic heterocycles. The second kappa shape index (κ2) is 10.7. The molecule has 34 heavy (non-hydrogen) atoms. The van der Waals surface area contributed by atoms with Gasteiger partial charge < -0.3 is 19.3 Å². The molecule has 2 saturated heterocycles. The number of methoxy groups -OCH3 is 1. The number of amides is 1. The summed E-state index contributed by atoms with van der Waals surface area (Å²) in [5, 5.41) is 0. The molecule has 1 atom stereocenters. The minimum absolute atomic E-state index is 0.0565. The number of nitrogens with zero attached hydrogens (tertiary/aromatic N) is 3. The molecule has 4 rings (SSSR count). The fourth-order valence-electron chi connectivity index (χ4n) is 4.62. The average molecular weight is 488 g/mol. The highest BCUT2D eigenvalue weighted by Gasteiger charge is 2.36. The smallest absolute Gasteiger partial charge is 0.243 e. The summed E-state index contributed by atoms with van der Waals surface area (Å²) >= 11 is 0. The van der Waals surface area contributed by atoms with Gasteiger partial charge in [-0.3, -0.25) is 4.79 Å². The number of hydrogen-bond acceptors (Lipinski definition) is 6. The van der Waals surface area contributed by atoms with Gasteiger partial charge in [0.1, 0.15) is 11.5 Å². The van der Waals surface area contributed by atoms with Crippen molar-refractivity contribution in [3.63, 3.8) is 0 Å². The average Bonchev–Trinajstić information content (AvgIpc) is 2.89. The number of carbonyl (C=O) groups is 1. The summed E-state index contributed by atoms with van der Waals surface area (Å²) in [6.45, 7) is 5.83. The standard InChI is InChI=1S/C25H33N3O5S/c1-3-33-23-10-12-24(13-11-23)34(30,31)28-14-4-5-20(19-28)25(29)27-17-15-26(16-18-27)21-6-8-22(32-2)9-7-21/h6-13,20H,3-5,14-19H2,1-2H3/t20-/m1/s1. The van der Waals surface area contributed by atoms with Gasteiger partial charge in [0.15, 0.2) is 0 Å². The largest absolute Gasteiger partial charge is 0.497 e. The first kappa shape index (κ1) is 24.3. The van der Waals surface area contributed by atoms with Crippen molar-refractivity contribution in [3.05, 3.63) is 48.5 Å². The second-order valence-electron chi connectivity index (χ2n) is 8.62. The maximum Gasteiger partial charge on any atom is 0.243 e. The Hall–Kier alpha value is -2.78. The van der Waals surface area contributed by atoms with E-state index in [9.17, 15) is 13.2 Å². The first-order valence-corrected chi connectivity index (χ1v) is 13.3. The van der Waals surface area contributed by atoms with Gasteiger partial charge in [-0.05, 0) is 68.3 Å². The molecule has 0 N–H and O–H groups in total. The van der Waals surface area contributed by atoms with Crippen molar-refractivity contribution in [3.8, 4) is 11.5 Å². The van der Waals surface area contributed by atoms with Gasteiger partial charge in [-0.15, -0.1) is 0 Å². The Labute approximate surface area is 202 Å². The number of hydrogen-bond donors (Lipinski definition) is 0. The zero-order valence-electron chi connectivity index (χ0n) is 19.9. The van der Waals surface area contributed by atoms with Crippen LogP contribution in [0.3, 0.4) is 0 Å². The van der Waals surface area contributed by atoms with E-state index in [-0.39, 0.29) is 23.3 Å². The van der Waals surface area contributed by atoms with E-state index in [1.54, 1.807) is 31.4 Å². The molecule has 0 bridgehead atoms. The molecule has 184 valence electrons. The summed E-state index contributed by atoms with van der Waals surface area (Å²) in [5.74, 6) is 1.21. The van der Waals surface area contributed by atoms with Crippen molar-refractivity contribution in [2.24, 2.45) is 5.92 Å². The molecule has 0 saturated carbocycles. The molecule has 0 radical (unpaired) electrons. The summed E-state index contributed by atoms with van der Waals surface area (Å²) in [6, 6.07) is 14.4. The van der Waals surface area contributed by atoms with Gasteiger partial charge >= 0.3 is 0 Å². The predicted molar refractivity (Wildman–Crippen MR) is 131 cm³/mol. The number of carbonyl (C=O) groups excluding carboxylic acids is 1. The van der Waals surface area contributed by atoms with Crippen molar-refractivity contribution in [2.45, 2.75) is 24.7 Å². The fourth-order valence-corrected chi connectivity index (χ4v) is 6.15. The molecule has 2 aromatic carbocycles. The predicted octanol–water partition coefficient (Wildman–Crippen LogP) is 2.84. The first-order chi connectivity index (χ1) is 16.4. The lowest BCUT2D eigenvalue weighted by Crippen LogP contribution is -2.53. The van der Waals surface area contributed by atoms with Crippen molar-refractivity contribution >= 4 is 21.6 Å². The van der Waals surface area contributed by atoms with Crippen molar-refractivity contribution in [1.82, 2.24) is 9.21 Å². The van der Waals surface area contributed by atoms with E-state index in [2.05, 4.69) is 4.90 Å². The second-order valence-corrected chi connectivity index (χ2v) is 10.6. The minimum Gasteiger partial charge on any atom is -0.497 e. The zero-order chi connectivity index (χ0) is 24.1. The van der Waals surface area contributed by atoms with Crippen molar-refractivity contribution < 1.29 is 22.7 Å². The van der Waals surface area contributed by atoms with E-state index in [1.165, 1.54) is 4.31 Å². The zero-order valence-corrected chi connectivity index (χ0v) is 20.7. The lowest BCUT2D eigenvalue weighted by Gasteiger charge is -2.39. The van der Waals surface area contributed by atoms with Crippen molar-refractivity contribution in [2.75, 3.05) is 57.9 Å². The van der Waals surface area contributed by atoms with Crippen LogP contribution >= 0.6 is 0 Å². The molecule has 2 fully saturated rings. The topological polar surface area (TPSA) is 79.4 Å². The maximum absolute atomic E-state index is 13.3. The molecule has 9 heteroatoms. The quantitative estimate of drug-likeness (QED) is 0.598. The van der Waals surface area contributed by atoms with E-state index >= 15 is 0 Å². The highest BCUT2D eigenvalue weighted by atomic mass is 32.2. The lowest BCUT2D eigenvalue weighted by molar-refractivity contribution is -0.137. The van der Waals surface area contributed by atoms with Gasteiger partial charge in [-0.25, -0.2) is 8.42 Å². The highest BCUT2D eigenvalue weighted by Crippen LogP contribution is 2.27. The number of rotatable bonds is 7. The number of anilines is 1. The SMILES string of the molecule is CCOc1ccc(S(=O)(=O)N2CCC[C@@H](C(=O)N3CCN(c4ccc(OC)cc4)CC3)C2)cc1. The van der Waals surface area contributed by atoms with Crippen LogP contribution in [0.5, 0.6) is 11.5 Å². The Bertz CT molecular complexity index is 1060. The summed E-state index contributed by atoms with van der Waals surface area (Å²) in [7, 11) is -2.00. The molecule has 2 heterocycles. The Morgan fingerprint density at radius 3 is 2.21 bits per heavy atom. The number of ether oxygens (including phenoxy) is 2. The summed E-state index contributed by atoms with van der Waals surface area (Å²) < 4.78 is 38.5. The highest BCUT2D eigenvalue weighted by molar-refractivity contribution is 7.89. The van der Waals surface area contributed by atoms with E-state index in [0.717, 1.165) is 24.5 Å². The maximum atomic E-state index is 13.3. The Morgan fingerprint density at radius 2 is 1.59 bits per heavy atom. The van der Waals surface area contributed by atoms with Crippen LogP contribution in [0.1, 0.15) is 19.8 Å². The fraction of sp³-hybridized carbons (Fsp3) is 0.480. The summed E-state index contributed by atoms with van der Waals surface area (Å²) in [5.41, 5.74) is 1.11. The monoisotopic (exact) mass is 487 g/mol. The molecular formula is C25H33N3O5S. The molecule has 0 unspecified atom stereocenters. The van der Waals surface area contributed by atoms with Gasteiger partial charge in [-0.2, -0.15) is 4.31 Å². The third kappa shape index (κ3) is 5.31. The van der Waals surface area contributed by atoms with Crippen LogP contribution in [0.15, 0.2) is 53.4 Å². The van der Waals surface area contributed by atoms with Crippen LogP contribution in [0.25, 0.3) is 0 Å². The Morgan fingerprint density at radius 1 is 0.941 bits per heavy atom. The van der Waals surface area contributed by atoms with Crippen molar-refractivity contribution in [1.29, 1.82) is 0 Å². The van der Waals surface area contributed by atoms with Crippen LogP contribution in [0.4, 0.5) is 5.69 Å². The lowest BCUT2D eigenvalue weighted by atomic mass is 9.97. The number of sulfonamides is 1. The van der Waals surface area contributed by atoms with Crippen LogP contribution < -0.4 is 14.4 Å². The van der Waals surface area contributed by atoms with Gasteiger partial charge in [0.2, 0.25) is 15.9 Å². The number of piperazine rings is 1. The van der Waals surface area contributed by atoms with Crippen LogP contribution in [0, 0.1) is 5.92 Å². The molecule has 0 aliphatic carbocycles. The van der Waals surface area contributed by atoms with E-state index in [4.69, 9.17) is 9.47 Å². The van der Waals surface area contributed by atoms with Crippen LogP contribution in [-0.2, 0) is 14.8 Å². The molecule has 0 spiro atoms. The summed E-state index contributed by atoms with van der Waals surface area (Å²) in [6.07, 6.45) is 1.39. The molecule has 8 nitrogen and oxygen atoms in total. The van der Waals surface area contributed by atoms with E-state index < -0.39 is 10.0 Å². The Kier molecular flexibility index (Phi) is 7.63. The molecule has 2 aliphatic rings. The van der Waals surface area contributed by atoms with Crippen LogP contribution in [-0.4, -0.2) is 76.5 Å².